The Kier molecular flexibility index (Phi) is 6.14. The minimum absolute atomic E-state index is 0.0103. The molecule has 0 aromatic rings. The van der Waals surface area contributed by atoms with Gasteiger partial charge in [-0.15, -0.1) is 0 Å². The van der Waals surface area contributed by atoms with Crippen LogP contribution in [0.25, 0.3) is 0 Å². The maximum Gasteiger partial charge on any atom is 0.246 e. The molecule has 1 heterocycles. The van der Waals surface area contributed by atoms with Gasteiger partial charge in [-0.25, -0.2) is 0 Å². The number of amides is 2. The second-order valence-corrected chi connectivity index (χ2v) is 7.83. The van der Waals surface area contributed by atoms with Crippen LogP contribution in [0.3, 0.4) is 0 Å². The summed E-state index contributed by atoms with van der Waals surface area (Å²) >= 11 is 1.78. The number of carbonyl (C=O) groups is 2. The first kappa shape index (κ1) is 18.3. The molecule has 0 spiro atoms. The van der Waals surface area contributed by atoms with Crippen molar-refractivity contribution in [3.05, 3.63) is 0 Å². The van der Waals surface area contributed by atoms with Crippen LogP contribution in [-0.4, -0.2) is 46.8 Å². The highest BCUT2D eigenvalue weighted by Gasteiger charge is 2.52. The Morgan fingerprint density at radius 3 is 2.24 bits per heavy atom. The number of thioether (sulfide) groups is 1. The number of carbonyl (C=O) groups excluding carboxylic acids is 2. The lowest BCUT2D eigenvalue weighted by atomic mass is 9.79. The van der Waals surface area contributed by atoms with Crippen LogP contribution in [0.1, 0.15) is 53.9 Å². The number of nitrogens with zero attached hydrogens (tertiary/aromatic N) is 1. The van der Waals surface area contributed by atoms with Gasteiger partial charge in [-0.3, -0.25) is 9.59 Å². The van der Waals surface area contributed by atoms with Crippen molar-refractivity contribution in [2.24, 2.45) is 5.41 Å². The van der Waals surface area contributed by atoms with Crippen molar-refractivity contribution in [1.29, 1.82) is 0 Å². The van der Waals surface area contributed by atoms with Crippen LogP contribution < -0.4 is 5.32 Å². The summed E-state index contributed by atoms with van der Waals surface area (Å²) < 4.78 is 0. The van der Waals surface area contributed by atoms with E-state index in [1.165, 1.54) is 0 Å². The highest BCUT2D eigenvalue weighted by molar-refractivity contribution is 7.98. The third kappa shape index (κ3) is 3.55. The Morgan fingerprint density at radius 2 is 1.81 bits per heavy atom. The average molecular weight is 314 g/mol. The largest absolute Gasteiger partial charge is 0.342 e. The number of rotatable bonds is 6. The molecule has 0 radical (unpaired) electrons. The fourth-order valence-corrected chi connectivity index (χ4v) is 3.47. The molecule has 0 aliphatic carbocycles. The average Bonchev–Trinajstić information content (AvgIpc) is 2.42. The van der Waals surface area contributed by atoms with Gasteiger partial charge in [-0.2, -0.15) is 11.8 Å². The summed E-state index contributed by atoms with van der Waals surface area (Å²) in [6.45, 7) is 10.7. The van der Waals surface area contributed by atoms with Gasteiger partial charge in [0.1, 0.15) is 11.6 Å². The first-order valence-electron chi connectivity index (χ1n) is 7.86. The monoisotopic (exact) mass is 314 g/mol. The zero-order valence-corrected chi connectivity index (χ0v) is 15.1. The van der Waals surface area contributed by atoms with E-state index in [0.717, 1.165) is 12.2 Å². The fraction of sp³-hybridized carbons (Fsp3) is 0.875. The predicted octanol–water partition coefficient (Wildman–Crippen LogP) is 2.67. The van der Waals surface area contributed by atoms with Crippen LogP contribution in [-0.2, 0) is 9.59 Å². The van der Waals surface area contributed by atoms with E-state index in [4.69, 9.17) is 0 Å². The zero-order valence-electron chi connectivity index (χ0n) is 14.3. The topological polar surface area (TPSA) is 49.4 Å². The van der Waals surface area contributed by atoms with Crippen molar-refractivity contribution < 1.29 is 9.59 Å². The molecule has 1 aliphatic heterocycles. The van der Waals surface area contributed by atoms with Gasteiger partial charge in [0.15, 0.2) is 0 Å². The van der Waals surface area contributed by atoms with Crippen molar-refractivity contribution in [2.45, 2.75) is 65.5 Å². The second-order valence-electron chi connectivity index (χ2n) is 6.85. The lowest BCUT2D eigenvalue weighted by Gasteiger charge is -2.50. The van der Waals surface area contributed by atoms with E-state index in [-0.39, 0.29) is 17.2 Å². The van der Waals surface area contributed by atoms with Crippen molar-refractivity contribution in [2.75, 3.05) is 18.6 Å². The molecule has 1 aliphatic rings. The Morgan fingerprint density at radius 1 is 1.24 bits per heavy atom. The summed E-state index contributed by atoms with van der Waals surface area (Å²) in [5.74, 6) is 1.10. The van der Waals surface area contributed by atoms with Crippen LogP contribution in [0.15, 0.2) is 0 Å². The van der Waals surface area contributed by atoms with Crippen LogP contribution in [0, 0.1) is 5.41 Å². The molecule has 1 N–H and O–H groups in total. The van der Waals surface area contributed by atoms with Gasteiger partial charge in [0.2, 0.25) is 11.8 Å². The quantitative estimate of drug-likeness (QED) is 0.767. The Labute approximate surface area is 133 Å². The number of hydrogen-bond donors (Lipinski definition) is 1. The molecule has 4 nitrogen and oxygen atoms in total. The molecular weight excluding hydrogens is 284 g/mol. The van der Waals surface area contributed by atoms with Crippen LogP contribution in [0.4, 0.5) is 0 Å². The van der Waals surface area contributed by atoms with E-state index in [0.29, 0.717) is 19.4 Å². The van der Waals surface area contributed by atoms with Crippen molar-refractivity contribution in [3.63, 3.8) is 0 Å². The van der Waals surface area contributed by atoms with Crippen LogP contribution in [0.2, 0.25) is 0 Å². The Balaban J connectivity index is 3.11. The Bertz CT molecular complexity index is 386. The smallest absolute Gasteiger partial charge is 0.246 e. The van der Waals surface area contributed by atoms with Crippen molar-refractivity contribution in [1.82, 2.24) is 10.2 Å². The number of piperazine rings is 1. The Hall–Kier alpha value is -0.710. The van der Waals surface area contributed by atoms with Crippen LogP contribution >= 0.6 is 11.8 Å². The first-order valence-corrected chi connectivity index (χ1v) is 9.25. The van der Waals surface area contributed by atoms with Gasteiger partial charge in [0.05, 0.1) is 0 Å². The van der Waals surface area contributed by atoms with Gasteiger partial charge >= 0.3 is 0 Å². The molecule has 0 bridgehead atoms. The molecule has 1 fully saturated rings. The number of nitrogens with one attached hydrogen (secondary N) is 1. The molecule has 1 rings (SSSR count). The van der Waals surface area contributed by atoms with E-state index in [1.807, 2.05) is 39.5 Å². The van der Waals surface area contributed by atoms with E-state index in [1.54, 1.807) is 11.8 Å². The van der Waals surface area contributed by atoms with E-state index in [2.05, 4.69) is 11.6 Å². The normalized spacial score (nSPS) is 22.4. The van der Waals surface area contributed by atoms with E-state index in [9.17, 15) is 9.59 Å². The summed E-state index contributed by atoms with van der Waals surface area (Å²) in [6, 6.07) is -0.425. The maximum absolute atomic E-state index is 12.9. The van der Waals surface area contributed by atoms with Crippen molar-refractivity contribution >= 4 is 23.6 Å². The minimum Gasteiger partial charge on any atom is -0.342 e. The molecule has 1 atom stereocenters. The summed E-state index contributed by atoms with van der Waals surface area (Å²) in [5.41, 5.74) is -0.935. The highest BCUT2D eigenvalue weighted by Crippen LogP contribution is 2.33. The molecule has 5 heteroatoms. The van der Waals surface area contributed by atoms with Gasteiger partial charge in [0.25, 0.3) is 0 Å². The molecule has 2 amide bonds. The first-order chi connectivity index (χ1) is 9.74. The molecule has 21 heavy (non-hydrogen) atoms. The highest BCUT2D eigenvalue weighted by atomic mass is 32.2. The lowest BCUT2D eigenvalue weighted by molar-refractivity contribution is -0.161. The third-order valence-electron chi connectivity index (χ3n) is 4.49. The van der Waals surface area contributed by atoms with E-state index >= 15 is 0 Å². The molecule has 1 unspecified atom stereocenters. The second kappa shape index (κ2) is 7.03. The van der Waals surface area contributed by atoms with Crippen LogP contribution in [0.5, 0.6) is 0 Å². The summed E-state index contributed by atoms with van der Waals surface area (Å²) in [4.78, 5) is 27.5. The zero-order chi connectivity index (χ0) is 16.3. The van der Waals surface area contributed by atoms with Gasteiger partial charge < -0.3 is 10.2 Å². The van der Waals surface area contributed by atoms with Gasteiger partial charge in [0, 0.05) is 6.54 Å². The summed E-state index contributed by atoms with van der Waals surface area (Å²) in [7, 11) is 0. The predicted molar refractivity (Wildman–Crippen MR) is 89.4 cm³/mol. The molecule has 122 valence electrons. The maximum atomic E-state index is 12.9. The molecule has 0 aromatic heterocycles. The SMILES string of the molecule is CCC1(CC)C(=O)NC(C(C)(C)C)C(=O)N1CCCSC. The third-order valence-corrected chi connectivity index (χ3v) is 5.19. The lowest BCUT2D eigenvalue weighted by Crippen LogP contribution is -2.72. The van der Waals surface area contributed by atoms with Crippen molar-refractivity contribution in [3.8, 4) is 0 Å². The molecule has 0 saturated carbocycles. The molecular formula is C16H30N2O2S. The van der Waals surface area contributed by atoms with E-state index < -0.39 is 11.6 Å². The minimum atomic E-state index is -0.669. The van der Waals surface area contributed by atoms with Gasteiger partial charge in [-0.1, -0.05) is 34.6 Å². The van der Waals surface area contributed by atoms with Gasteiger partial charge in [-0.05, 0) is 36.7 Å². The standard InChI is InChI=1S/C16H30N2O2S/c1-7-16(8-2)14(20)17-12(15(3,4)5)13(19)18(16)10-9-11-21-6/h12H,7-11H2,1-6H3,(H,17,20). The molecule has 1 saturated heterocycles. The summed E-state index contributed by atoms with van der Waals surface area (Å²) in [5, 5.41) is 2.98. The summed E-state index contributed by atoms with van der Waals surface area (Å²) in [6.07, 6.45) is 4.32. The molecule has 0 aromatic carbocycles. The fourth-order valence-electron chi connectivity index (χ4n) is 3.05. The number of hydrogen-bond acceptors (Lipinski definition) is 3.